The number of hydrogen-bond donors (Lipinski definition) is 0. The van der Waals surface area contributed by atoms with Crippen LogP contribution in [0.2, 0.25) is 0 Å². The molecular formula is C15H15NS. The predicted molar refractivity (Wildman–Crippen MR) is 75.0 cm³/mol. The van der Waals surface area contributed by atoms with Crippen LogP contribution < -0.4 is 0 Å². The van der Waals surface area contributed by atoms with E-state index in [1.807, 2.05) is 11.8 Å². The predicted octanol–water partition coefficient (Wildman–Crippen LogP) is 4.38. The molecule has 0 saturated heterocycles. The van der Waals surface area contributed by atoms with Crippen molar-refractivity contribution in [2.75, 3.05) is 5.75 Å². The van der Waals surface area contributed by atoms with E-state index in [0.717, 1.165) is 17.9 Å². The molecule has 0 aliphatic carbocycles. The molecule has 0 fully saturated rings. The fourth-order valence-electron chi connectivity index (χ4n) is 1.85. The van der Waals surface area contributed by atoms with Gasteiger partial charge in [-0.1, -0.05) is 42.5 Å². The maximum Gasteiger partial charge on any atom is 0.0622 e. The average Bonchev–Trinajstić information content (AvgIpc) is 2.39. The van der Waals surface area contributed by atoms with E-state index in [4.69, 9.17) is 5.26 Å². The number of rotatable bonds is 5. The quantitative estimate of drug-likeness (QED) is 0.725. The molecule has 0 radical (unpaired) electrons. The number of unbranched alkanes of at least 4 members (excludes halogenated alkanes) is 1. The van der Waals surface area contributed by atoms with Gasteiger partial charge in [0.25, 0.3) is 0 Å². The van der Waals surface area contributed by atoms with Crippen molar-refractivity contribution in [3.63, 3.8) is 0 Å². The van der Waals surface area contributed by atoms with Crippen LogP contribution in [0.4, 0.5) is 0 Å². The summed E-state index contributed by atoms with van der Waals surface area (Å²) in [6, 6.07) is 17.1. The van der Waals surface area contributed by atoms with Gasteiger partial charge in [-0.25, -0.2) is 0 Å². The van der Waals surface area contributed by atoms with Crippen LogP contribution in [0.15, 0.2) is 42.5 Å². The monoisotopic (exact) mass is 241 g/mol. The highest BCUT2D eigenvalue weighted by molar-refractivity contribution is 7.98. The van der Waals surface area contributed by atoms with E-state index >= 15 is 0 Å². The Morgan fingerprint density at radius 3 is 2.76 bits per heavy atom. The highest BCUT2D eigenvalue weighted by Gasteiger charge is 1.99. The van der Waals surface area contributed by atoms with Gasteiger partial charge in [0.15, 0.2) is 0 Å². The molecule has 0 unspecified atom stereocenters. The largest absolute Gasteiger partial charge is 0.198 e. The lowest BCUT2D eigenvalue weighted by Gasteiger charge is -2.05. The minimum absolute atomic E-state index is 0.669. The van der Waals surface area contributed by atoms with Crippen molar-refractivity contribution in [2.45, 2.75) is 18.6 Å². The second-order valence-corrected chi connectivity index (χ2v) is 5.06. The van der Waals surface area contributed by atoms with E-state index in [1.165, 1.54) is 16.3 Å². The lowest BCUT2D eigenvalue weighted by atomic mass is 10.1. The van der Waals surface area contributed by atoms with E-state index in [2.05, 4.69) is 48.5 Å². The summed E-state index contributed by atoms with van der Waals surface area (Å²) in [6.07, 6.45) is 1.66. The molecule has 0 heterocycles. The smallest absolute Gasteiger partial charge is 0.0622 e. The van der Waals surface area contributed by atoms with Gasteiger partial charge in [0.2, 0.25) is 0 Å². The van der Waals surface area contributed by atoms with Gasteiger partial charge in [-0.2, -0.15) is 17.0 Å². The van der Waals surface area contributed by atoms with E-state index in [1.54, 1.807) is 0 Å². The van der Waals surface area contributed by atoms with Gasteiger partial charge < -0.3 is 0 Å². The SMILES string of the molecule is N#CCCCSCc1cccc2ccccc12. The second kappa shape index (κ2) is 6.32. The lowest BCUT2D eigenvalue weighted by molar-refractivity contribution is 0.981. The minimum Gasteiger partial charge on any atom is -0.198 e. The Hall–Kier alpha value is -1.46. The van der Waals surface area contributed by atoms with E-state index in [9.17, 15) is 0 Å². The van der Waals surface area contributed by atoms with Crippen LogP contribution in [-0.2, 0) is 5.75 Å². The first-order valence-corrected chi connectivity index (χ1v) is 6.98. The van der Waals surface area contributed by atoms with Crippen molar-refractivity contribution >= 4 is 22.5 Å². The van der Waals surface area contributed by atoms with Gasteiger partial charge in [0.1, 0.15) is 0 Å². The van der Waals surface area contributed by atoms with Gasteiger partial charge in [-0.3, -0.25) is 0 Å². The van der Waals surface area contributed by atoms with E-state index < -0.39 is 0 Å². The zero-order chi connectivity index (χ0) is 11.9. The van der Waals surface area contributed by atoms with Gasteiger partial charge >= 0.3 is 0 Å². The first-order chi connectivity index (χ1) is 8.42. The molecule has 0 bridgehead atoms. The summed E-state index contributed by atoms with van der Waals surface area (Å²) in [6.45, 7) is 0. The summed E-state index contributed by atoms with van der Waals surface area (Å²) >= 11 is 1.91. The van der Waals surface area contributed by atoms with Crippen molar-refractivity contribution < 1.29 is 0 Å². The summed E-state index contributed by atoms with van der Waals surface area (Å²) in [5, 5.41) is 11.1. The number of nitriles is 1. The molecule has 0 spiro atoms. The standard InChI is InChI=1S/C15H15NS/c16-10-3-4-11-17-12-14-8-5-7-13-6-1-2-9-15(13)14/h1-2,5-9H,3-4,11-12H2. The summed E-state index contributed by atoms with van der Waals surface area (Å²) in [7, 11) is 0. The topological polar surface area (TPSA) is 23.8 Å². The second-order valence-electron chi connectivity index (χ2n) is 3.95. The lowest BCUT2D eigenvalue weighted by Crippen LogP contribution is -1.85. The molecular weight excluding hydrogens is 226 g/mol. The molecule has 0 amide bonds. The number of fused-ring (bicyclic) bond motifs is 1. The van der Waals surface area contributed by atoms with Crippen molar-refractivity contribution in [3.8, 4) is 6.07 Å². The Morgan fingerprint density at radius 1 is 1.06 bits per heavy atom. The molecule has 2 aromatic carbocycles. The van der Waals surface area contributed by atoms with Crippen LogP contribution >= 0.6 is 11.8 Å². The molecule has 86 valence electrons. The Bertz CT molecular complexity index is 522. The molecule has 2 heteroatoms. The van der Waals surface area contributed by atoms with Gasteiger partial charge in [-0.05, 0) is 28.5 Å². The van der Waals surface area contributed by atoms with Crippen molar-refractivity contribution in [2.24, 2.45) is 0 Å². The third-order valence-corrected chi connectivity index (χ3v) is 3.81. The number of benzene rings is 2. The highest BCUT2D eigenvalue weighted by atomic mass is 32.2. The molecule has 17 heavy (non-hydrogen) atoms. The maximum absolute atomic E-state index is 8.46. The van der Waals surface area contributed by atoms with Gasteiger partial charge in [0.05, 0.1) is 6.07 Å². The zero-order valence-electron chi connectivity index (χ0n) is 9.73. The fourth-order valence-corrected chi connectivity index (χ4v) is 2.82. The molecule has 0 aliphatic rings. The van der Waals surface area contributed by atoms with Gasteiger partial charge in [-0.15, -0.1) is 0 Å². The Labute approximate surface area is 106 Å². The number of thioether (sulfide) groups is 1. The Balaban J connectivity index is 2.01. The first kappa shape index (κ1) is 12.0. The summed E-state index contributed by atoms with van der Waals surface area (Å²) in [4.78, 5) is 0. The van der Waals surface area contributed by atoms with Gasteiger partial charge in [0, 0.05) is 12.2 Å². The fraction of sp³-hybridized carbons (Fsp3) is 0.267. The van der Waals surface area contributed by atoms with Crippen LogP contribution in [0.1, 0.15) is 18.4 Å². The summed E-state index contributed by atoms with van der Waals surface area (Å²) in [5.74, 6) is 2.10. The normalized spacial score (nSPS) is 10.3. The van der Waals surface area contributed by atoms with Crippen LogP contribution in [0.3, 0.4) is 0 Å². The number of hydrogen-bond acceptors (Lipinski definition) is 2. The van der Waals surface area contributed by atoms with Crippen molar-refractivity contribution in [1.29, 1.82) is 5.26 Å². The first-order valence-electron chi connectivity index (χ1n) is 5.83. The third-order valence-electron chi connectivity index (χ3n) is 2.71. The molecule has 0 aromatic heterocycles. The molecule has 0 atom stereocenters. The molecule has 0 N–H and O–H groups in total. The molecule has 2 rings (SSSR count). The van der Waals surface area contributed by atoms with Crippen molar-refractivity contribution in [3.05, 3.63) is 48.0 Å². The number of nitrogens with zero attached hydrogens (tertiary/aromatic N) is 1. The zero-order valence-corrected chi connectivity index (χ0v) is 10.5. The van der Waals surface area contributed by atoms with E-state index in [-0.39, 0.29) is 0 Å². The molecule has 0 aliphatic heterocycles. The Morgan fingerprint density at radius 2 is 1.88 bits per heavy atom. The third kappa shape index (κ3) is 3.25. The minimum atomic E-state index is 0.669. The van der Waals surface area contributed by atoms with Crippen LogP contribution in [0, 0.1) is 11.3 Å². The van der Waals surface area contributed by atoms with Crippen molar-refractivity contribution in [1.82, 2.24) is 0 Å². The Kier molecular flexibility index (Phi) is 4.46. The van der Waals surface area contributed by atoms with Crippen LogP contribution in [0.5, 0.6) is 0 Å². The molecule has 2 aromatic rings. The van der Waals surface area contributed by atoms with Crippen LogP contribution in [-0.4, -0.2) is 5.75 Å². The molecule has 1 nitrogen and oxygen atoms in total. The van der Waals surface area contributed by atoms with E-state index in [0.29, 0.717) is 6.42 Å². The maximum atomic E-state index is 8.46. The highest BCUT2D eigenvalue weighted by Crippen LogP contribution is 2.23. The summed E-state index contributed by atoms with van der Waals surface area (Å²) in [5.41, 5.74) is 1.39. The summed E-state index contributed by atoms with van der Waals surface area (Å²) < 4.78 is 0. The average molecular weight is 241 g/mol. The molecule has 0 saturated carbocycles. The van der Waals surface area contributed by atoms with Crippen LogP contribution in [0.25, 0.3) is 10.8 Å².